The molecule has 0 aliphatic rings. The zero-order valence-corrected chi connectivity index (χ0v) is 12.2. The van der Waals surface area contributed by atoms with Crippen LogP contribution in [-0.2, 0) is 0 Å². The molecule has 1 aromatic carbocycles. The third kappa shape index (κ3) is 3.32. The van der Waals surface area contributed by atoms with Gasteiger partial charge in [0.25, 0.3) is 5.22 Å². The van der Waals surface area contributed by atoms with Crippen molar-refractivity contribution < 1.29 is 14.3 Å². The molecule has 0 aliphatic heterocycles. The van der Waals surface area contributed by atoms with Crippen molar-refractivity contribution in [2.45, 2.75) is 5.22 Å². The summed E-state index contributed by atoms with van der Waals surface area (Å²) in [5, 5.41) is 17.4. The molecule has 0 saturated carbocycles. The van der Waals surface area contributed by atoms with Crippen molar-refractivity contribution in [2.75, 3.05) is 5.75 Å². The van der Waals surface area contributed by atoms with E-state index in [0.29, 0.717) is 16.7 Å². The predicted octanol–water partition coefficient (Wildman–Crippen LogP) is 2.81. The Hall–Kier alpha value is -2.67. The van der Waals surface area contributed by atoms with Crippen molar-refractivity contribution in [3.63, 3.8) is 0 Å². The van der Waals surface area contributed by atoms with Crippen molar-refractivity contribution in [1.82, 2.24) is 15.2 Å². The van der Waals surface area contributed by atoms with Crippen LogP contribution in [0.15, 0.2) is 58.4 Å². The highest BCUT2D eigenvalue weighted by molar-refractivity contribution is 7.99. The molecule has 0 bridgehead atoms. The molecule has 3 rings (SSSR count). The van der Waals surface area contributed by atoms with Crippen molar-refractivity contribution >= 4 is 17.5 Å². The molecule has 6 nitrogen and oxygen atoms in total. The number of aromatic nitrogens is 3. The monoisotopic (exact) mass is 313 g/mol. The van der Waals surface area contributed by atoms with Crippen LogP contribution >= 0.6 is 11.8 Å². The maximum absolute atomic E-state index is 12.0. The third-order valence-corrected chi connectivity index (χ3v) is 3.65. The van der Waals surface area contributed by atoms with E-state index < -0.39 is 0 Å². The minimum absolute atomic E-state index is 0.0777. The number of rotatable bonds is 5. The normalized spacial score (nSPS) is 10.5. The van der Waals surface area contributed by atoms with E-state index in [2.05, 4.69) is 15.2 Å². The van der Waals surface area contributed by atoms with Crippen LogP contribution in [0.1, 0.15) is 10.4 Å². The Labute approximate surface area is 130 Å². The van der Waals surface area contributed by atoms with Gasteiger partial charge < -0.3 is 9.52 Å². The van der Waals surface area contributed by atoms with Crippen molar-refractivity contribution in [2.24, 2.45) is 0 Å². The largest absolute Gasteiger partial charge is 0.508 e. The molecule has 0 unspecified atom stereocenters. The van der Waals surface area contributed by atoms with Crippen LogP contribution in [0, 0.1) is 0 Å². The zero-order valence-electron chi connectivity index (χ0n) is 11.3. The Morgan fingerprint density at radius 3 is 2.73 bits per heavy atom. The van der Waals surface area contributed by atoms with Crippen molar-refractivity contribution in [1.29, 1.82) is 0 Å². The van der Waals surface area contributed by atoms with Gasteiger partial charge in [0.05, 0.1) is 11.3 Å². The number of benzene rings is 1. The van der Waals surface area contributed by atoms with E-state index in [9.17, 15) is 9.90 Å². The van der Waals surface area contributed by atoms with Gasteiger partial charge in [0.15, 0.2) is 5.78 Å². The molecule has 3 aromatic rings. The Morgan fingerprint density at radius 2 is 2.00 bits per heavy atom. The number of thioether (sulfide) groups is 1. The Balaban J connectivity index is 1.64. The molecular weight excluding hydrogens is 302 g/mol. The summed E-state index contributed by atoms with van der Waals surface area (Å²) in [6, 6.07) is 9.70. The fraction of sp³-hybridized carbons (Fsp3) is 0.0667. The van der Waals surface area contributed by atoms with Crippen LogP contribution in [0.5, 0.6) is 5.75 Å². The highest BCUT2D eigenvalue weighted by atomic mass is 32.2. The first-order valence-electron chi connectivity index (χ1n) is 6.41. The Bertz CT molecular complexity index is 772. The van der Waals surface area contributed by atoms with E-state index in [1.165, 1.54) is 23.9 Å². The van der Waals surface area contributed by atoms with Gasteiger partial charge in [-0.1, -0.05) is 11.8 Å². The summed E-state index contributed by atoms with van der Waals surface area (Å²) in [5.74, 6) is 0.598. The Kier molecular flexibility index (Phi) is 4.15. The van der Waals surface area contributed by atoms with Gasteiger partial charge in [-0.2, -0.15) is 0 Å². The standard InChI is InChI=1S/C15H11N3O3S/c19-12-5-3-10(4-6-12)13(20)9-22-15-18-17-14(21-15)11-2-1-7-16-8-11/h1-8,19H,9H2. The van der Waals surface area contributed by atoms with Gasteiger partial charge in [-0.05, 0) is 36.4 Å². The molecule has 0 amide bonds. The number of ketones is 1. The highest BCUT2D eigenvalue weighted by Crippen LogP contribution is 2.23. The number of pyridine rings is 1. The molecule has 110 valence electrons. The number of Topliss-reactive ketones (excluding diaryl/α,β-unsaturated/α-hetero) is 1. The van der Waals surface area contributed by atoms with Crippen LogP contribution < -0.4 is 0 Å². The SMILES string of the molecule is O=C(CSc1nnc(-c2cccnc2)o1)c1ccc(O)cc1. The average Bonchev–Trinajstić information content (AvgIpc) is 3.03. The van der Waals surface area contributed by atoms with Crippen LogP contribution in [0.25, 0.3) is 11.5 Å². The summed E-state index contributed by atoms with van der Waals surface area (Å²) in [6.45, 7) is 0. The van der Waals surface area contributed by atoms with Crippen molar-refractivity contribution in [3.05, 3.63) is 54.4 Å². The molecule has 0 radical (unpaired) electrons. The Morgan fingerprint density at radius 1 is 1.18 bits per heavy atom. The number of nitrogens with zero attached hydrogens (tertiary/aromatic N) is 3. The lowest BCUT2D eigenvalue weighted by Gasteiger charge is -1.99. The van der Waals surface area contributed by atoms with Crippen LogP contribution in [0.4, 0.5) is 0 Å². The molecule has 2 heterocycles. The molecule has 1 N–H and O–H groups in total. The topological polar surface area (TPSA) is 89.1 Å². The lowest BCUT2D eigenvalue weighted by molar-refractivity contribution is 0.102. The van der Waals surface area contributed by atoms with E-state index >= 15 is 0 Å². The lowest BCUT2D eigenvalue weighted by atomic mass is 10.1. The molecule has 0 saturated heterocycles. The number of phenolic OH excluding ortho intramolecular Hbond substituents is 1. The number of carbonyl (C=O) groups is 1. The minimum Gasteiger partial charge on any atom is -0.508 e. The first-order chi connectivity index (χ1) is 10.7. The summed E-state index contributed by atoms with van der Waals surface area (Å²) >= 11 is 1.17. The number of phenols is 1. The number of carbonyl (C=O) groups excluding carboxylic acids is 1. The van der Waals surface area contributed by atoms with Gasteiger partial charge in [0.2, 0.25) is 5.89 Å². The molecule has 22 heavy (non-hydrogen) atoms. The van der Waals surface area contributed by atoms with Crippen LogP contribution in [-0.4, -0.2) is 31.8 Å². The maximum Gasteiger partial charge on any atom is 0.277 e. The molecule has 0 atom stereocenters. The number of aromatic hydroxyl groups is 1. The lowest BCUT2D eigenvalue weighted by Crippen LogP contribution is -2.01. The molecule has 0 fully saturated rings. The van der Waals surface area contributed by atoms with Crippen molar-refractivity contribution in [3.8, 4) is 17.2 Å². The third-order valence-electron chi connectivity index (χ3n) is 2.83. The summed E-state index contributed by atoms with van der Waals surface area (Å²) in [6.07, 6.45) is 3.29. The zero-order chi connectivity index (χ0) is 15.4. The van der Waals surface area contributed by atoms with Gasteiger partial charge in [0.1, 0.15) is 5.75 Å². The highest BCUT2D eigenvalue weighted by Gasteiger charge is 2.12. The summed E-state index contributed by atoms with van der Waals surface area (Å²) in [7, 11) is 0. The summed E-state index contributed by atoms with van der Waals surface area (Å²) in [5.41, 5.74) is 1.25. The molecular formula is C15H11N3O3S. The first-order valence-corrected chi connectivity index (χ1v) is 7.40. The van der Waals surface area contributed by atoms with Gasteiger partial charge in [-0.3, -0.25) is 9.78 Å². The molecule has 7 heteroatoms. The van der Waals surface area contributed by atoms with E-state index in [4.69, 9.17) is 4.42 Å². The quantitative estimate of drug-likeness (QED) is 0.572. The van der Waals surface area contributed by atoms with Gasteiger partial charge in [-0.15, -0.1) is 10.2 Å². The van der Waals surface area contributed by atoms with E-state index in [1.807, 2.05) is 6.07 Å². The van der Waals surface area contributed by atoms with E-state index in [-0.39, 0.29) is 17.3 Å². The van der Waals surface area contributed by atoms with Crippen LogP contribution in [0.3, 0.4) is 0 Å². The average molecular weight is 313 g/mol. The fourth-order valence-electron chi connectivity index (χ4n) is 1.73. The van der Waals surface area contributed by atoms with Gasteiger partial charge in [-0.25, -0.2) is 0 Å². The smallest absolute Gasteiger partial charge is 0.277 e. The molecule has 2 aromatic heterocycles. The van der Waals surface area contributed by atoms with Gasteiger partial charge in [0, 0.05) is 18.0 Å². The number of hydrogen-bond acceptors (Lipinski definition) is 7. The number of hydrogen-bond donors (Lipinski definition) is 1. The van der Waals surface area contributed by atoms with E-state index in [1.54, 1.807) is 30.6 Å². The van der Waals surface area contributed by atoms with Gasteiger partial charge >= 0.3 is 0 Å². The fourth-order valence-corrected chi connectivity index (χ4v) is 2.39. The summed E-state index contributed by atoms with van der Waals surface area (Å²) < 4.78 is 5.48. The second-order valence-corrected chi connectivity index (χ2v) is 5.30. The second-order valence-electron chi connectivity index (χ2n) is 4.37. The summed E-state index contributed by atoms with van der Waals surface area (Å²) in [4.78, 5) is 16.0. The van der Waals surface area contributed by atoms with Crippen LogP contribution in [0.2, 0.25) is 0 Å². The minimum atomic E-state index is -0.0777. The molecule has 0 aliphatic carbocycles. The first kappa shape index (κ1) is 14.3. The maximum atomic E-state index is 12.0. The second kappa shape index (κ2) is 6.40. The predicted molar refractivity (Wildman–Crippen MR) is 80.7 cm³/mol. The molecule has 0 spiro atoms. The van der Waals surface area contributed by atoms with E-state index in [0.717, 1.165) is 5.56 Å².